The van der Waals surface area contributed by atoms with Crippen molar-refractivity contribution in [1.29, 1.82) is 0 Å². The number of nitrogens with one attached hydrogen (secondary N) is 1. The summed E-state index contributed by atoms with van der Waals surface area (Å²) in [6.07, 6.45) is 84.6. The molecule has 454 valence electrons. The first kappa shape index (κ1) is 75.1. The van der Waals surface area contributed by atoms with Gasteiger partial charge in [-0.25, -0.2) is 0 Å². The Morgan fingerprint density at radius 3 is 1.00 bits per heavy atom. The molecule has 0 rings (SSSR count). The first-order chi connectivity index (χ1) is 38.0. The van der Waals surface area contributed by atoms with Crippen LogP contribution in [0.4, 0.5) is 0 Å². The summed E-state index contributed by atoms with van der Waals surface area (Å²) in [6, 6.07) is -0.551. The summed E-state index contributed by atoms with van der Waals surface area (Å²) in [7, 11) is 0. The third-order valence-electron chi connectivity index (χ3n) is 16.2. The van der Waals surface area contributed by atoms with Crippen LogP contribution in [-0.2, 0) is 14.3 Å². The van der Waals surface area contributed by atoms with Gasteiger partial charge >= 0.3 is 5.97 Å². The van der Waals surface area contributed by atoms with Crippen LogP contribution in [0.1, 0.15) is 380 Å². The summed E-state index contributed by atoms with van der Waals surface area (Å²) in [4.78, 5) is 24.6. The van der Waals surface area contributed by atoms with Crippen LogP contribution < -0.4 is 5.32 Å². The van der Waals surface area contributed by atoms with Gasteiger partial charge in [0.2, 0.25) is 5.91 Å². The highest BCUT2D eigenvalue weighted by Crippen LogP contribution is 2.18. The number of hydrogen-bond donors (Lipinski definition) is 3. The molecule has 2 unspecified atom stereocenters. The molecule has 0 saturated heterocycles. The number of unbranched alkanes of at least 4 members (excludes halogenated alkanes) is 48. The zero-order chi connectivity index (χ0) is 55.7. The minimum absolute atomic E-state index is 0.00431. The predicted octanol–water partition coefficient (Wildman–Crippen LogP) is 22.3. The molecule has 0 aliphatic rings. The number of rotatable bonds is 65. The normalized spacial score (nSPS) is 12.7. The molecule has 6 nitrogen and oxygen atoms in total. The van der Waals surface area contributed by atoms with Crippen molar-refractivity contribution in [2.75, 3.05) is 13.2 Å². The van der Waals surface area contributed by atoms with Gasteiger partial charge in [0.1, 0.15) is 0 Å². The molecular formula is C71H135NO5. The molecule has 0 spiro atoms. The SMILES string of the molecule is CCCCCCCC/C=C\CCCCCCCCCC(=O)OCCCCCCCCCCC/C=C\C/C=C\CCCCCCCCCC(=O)NC(CO)C(O)CCCCCCCCCCCCCCCCCCCCCC. The fourth-order valence-corrected chi connectivity index (χ4v) is 10.8. The summed E-state index contributed by atoms with van der Waals surface area (Å²) in [6.45, 7) is 4.97. The van der Waals surface area contributed by atoms with E-state index < -0.39 is 12.1 Å². The van der Waals surface area contributed by atoms with Crippen LogP contribution in [0.2, 0.25) is 0 Å². The first-order valence-electron chi connectivity index (χ1n) is 34.7. The molecule has 0 radical (unpaired) electrons. The Labute approximate surface area is 481 Å². The fourth-order valence-electron chi connectivity index (χ4n) is 10.8. The number of esters is 1. The van der Waals surface area contributed by atoms with Crippen molar-refractivity contribution in [2.24, 2.45) is 0 Å². The standard InChI is InChI=1S/C71H135NO5/c1-3-5-7-9-11-13-15-17-19-21-22-28-32-35-39-43-47-51-55-59-63-69(74)68(67-73)72-70(75)64-60-56-52-48-44-40-36-33-29-26-24-23-25-27-30-34-38-42-46-50-54-58-62-66-77-71(76)65-61-57-53-49-45-41-37-31-20-18-16-14-12-10-8-6-4-2/h18,20,23,25-26,29,68-69,73-74H,3-17,19,21-22,24,27-28,30-67H2,1-2H3,(H,72,75)/b20-18-,25-23-,29-26-. The average molecular weight is 1080 g/mol. The van der Waals surface area contributed by atoms with Crippen molar-refractivity contribution in [1.82, 2.24) is 5.32 Å². The monoisotopic (exact) mass is 1080 g/mol. The zero-order valence-electron chi connectivity index (χ0n) is 52.0. The van der Waals surface area contributed by atoms with Crippen LogP contribution in [-0.4, -0.2) is 47.4 Å². The minimum Gasteiger partial charge on any atom is -0.466 e. The van der Waals surface area contributed by atoms with Gasteiger partial charge in [0.25, 0.3) is 0 Å². The van der Waals surface area contributed by atoms with E-state index in [1.807, 2.05) is 0 Å². The summed E-state index contributed by atoms with van der Waals surface area (Å²) in [5.41, 5.74) is 0. The molecule has 1 amide bonds. The van der Waals surface area contributed by atoms with Gasteiger partial charge in [-0.15, -0.1) is 0 Å². The van der Waals surface area contributed by atoms with Gasteiger partial charge in [-0.1, -0.05) is 320 Å². The molecule has 0 aromatic carbocycles. The van der Waals surface area contributed by atoms with Crippen molar-refractivity contribution >= 4 is 11.9 Å². The third kappa shape index (κ3) is 63.1. The van der Waals surface area contributed by atoms with Crippen LogP contribution >= 0.6 is 0 Å². The number of hydrogen-bond acceptors (Lipinski definition) is 5. The molecule has 0 aromatic rings. The number of carbonyl (C=O) groups is 2. The molecule has 0 aliphatic heterocycles. The molecule has 0 saturated carbocycles. The van der Waals surface area contributed by atoms with E-state index >= 15 is 0 Å². The highest BCUT2D eigenvalue weighted by molar-refractivity contribution is 5.76. The zero-order valence-corrected chi connectivity index (χ0v) is 52.0. The van der Waals surface area contributed by atoms with Crippen LogP contribution in [0.5, 0.6) is 0 Å². The van der Waals surface area contributed by atoms with Gasteiger partial charge in [0.15, 0.2) is 0 Å². The number of allylic oxidation sites excluding steroid dienone is 6. The van der Waals surface area contributed by atoms with Crippen molar-refractivity contribution in [3.8, 4) is 0 Å². The smallest absolute Gasteiger partial charge is 0.305 e. The van der Waals surface area contributed by atoms with Gasteiger partial charge in [0, 0.05) is 12.8 Å². The van der Waals surface area contributed by atoms with E-state index in [2.05, 4.69) is 55.6 Å². The molecule has 3 N–H and O–H groups in total. The maximum Gasteiger partial charge on any atom is 0.305 e. The van der Waals surface area contributed by atoms with Crippen LogP contribution in [0.3, 0.4) is 0 Å². The lowest BCUT2D eigenvalue weighted by Crippen LogP contribution is -2.45. The van der Waals surface area contributed by atoms with Crippen molar-refractivity contribution in [3.05, 3.63) is 36.5 Å². The van der Waals surface area contributed by atoms with E-state index in [0.717, 1.165) is 57.8 Å². The summed E-state index contributed by atoms with van der Waals surface area (Å²) in [5, 5.41) is 23.4. The largest absolute Gasteiger partial charge is 0.466 e. The lowest BCUT2D eigenvalue weighted by Gasteiger charge is -2.22. The number of aliphatic hydroxyl groups excluding tert-OH is 2. The second kappa shape index (κ2) is 66.6. The van der Waals surface area contributed by atoms with Crippen LogP contribution in [0.25, 0.3) is 0 Å². The van der Waals surface area contributed by atoms with Crippen molar-refractivity contribution in [3.63, 3.8) is 0 Å². The molecule has 6 heteroatoms. The number of carbonyl (C=O) groups excluding carboxylic acids is 2. The van der Waals surface area contributed by atoms with Gasteiger partial charge in [-0.2, -0.15) is 0 Å². The number of ether oxygens (including phenoxy) is 1. The number of amides is 1. The second-order valence-electron chi connectivity index (χ2n) is 23.9. The van der Waals surface area contributed by atoms with Crippen molar-refractivity contribution < 1.29 is 24.5 Å². The first-order valence-corrected chi connectivity index (χ1v) is 34.7. The van der Waals surface area contributed by atoms with Gasteiger partial charge in [-0.05, 0) is 83.5 Å². The molecule has 0 aliphatic carbocycles. The molecule has 0 aromatic heterocycles. The molecule has 0 heterocycles. The Morgan fingerprint density at radius 1 is 0.364 bits per heavy atom. The molecule has 0 fully saturated rings. The molecule has 77 heavy (non-hydrogen) atoms. The van der Waals surface area contributed by atoms with E-state index in [1.54, 1.807) is 0 Å². The van der Waals surface area contributed by atoms with Gasteiger partial charge in [-0.3, -0.25) is 9.59 Å². The molecule has 2 atom stereocenters. The Hall–Kier alpha value is -1.92. The van der Waals surface area contributed by atoms with Crippen LogP contribution in [0, 0.1) is 0 Å². The second-order valence-corrected chi connectivity index (χ2v) is 23.9. The third-order valence-corrected chi connectivity index (χ3v) is 16.2. The maximum atomic E-state index is 12.5. The molecular weight excluding hydrogens is 947 g/mol. The van der Waals surface area contributed by atoms with E-state index in [9.17, 15) is 19.8 Å². The summed E-state index contributed by atoms with van der Waals surface area (Å²) >= 11 is 0. The summed E-state index contributed by atoms with van der Waals surface area (Å²) < 4.78 is 5.49. The van der Waals surface area contributed by atoms with Crippen molar-refractivity contribution in [2.45, 2.75) is 392 Å². The Bertz CT molecular complexity index is 1250. The maximum absolute atomic E-state index is 12.5. The van der Waals surface area contributed by atoms with Crippen LogP contribution in [0.15, 0.2) is 36.5 Å². The number of aliphatic hydroxyl groups is 2. The fraction of sp³-hybridized carbons (Fsp3) is 0.887. The van der Waals surface area contributed by atoms with Gasteiger partial charge < -0.3 is 20.3 Å². The van der Waals surface area contributed by atoms with Gasteiger partial charge in [0.05, 0.1) is 25.4 Å². The Balaban J connectivity index is 3.44. The highest BCUT2D eigenvalue weighted by Gasteiger charge is 2.20. The summed E-state index contributed by atoms with van der Waals surface area (Å²) in [5.74, 6) is -0.0378. The lowest BCUT2D eigenvalue weighted by molar-refractivity contribution is -0.143. The van der Waals surface area contributed by atoms with E-state index in [1.165, 1.54) is 289 Å². The Kier molecular flexibility index (Phi) is 64.9. The van der Waals surface area contributed by atoms with E-state index in [0.29, 0.717) is 25.9 Å². The average Bonchev–Trinajstić information content (AvgIpc) is 3.43. The van der Waals surface area contributed by atoms with E-state index in [4.69, 9.17) is 4.74 Å². The molecule has 0 bridgehead atoms. The predicted molar refractivity (Wildman–Crippen MR) is 338 cm³/mol. The Morgan fingerprint density at radius 2 is 0.649 bits per heavy atom. The minimum atomic E-state index is -0.672. The lowest BCUT2D eigenvalue weighted by atomic mass is 10.0. The van der Waals surface area contributed by atoms with E-state index in [-0.39, 0.29) is 18.5 Å². The topological polar surface area (TPSA) is 95.9 Å². The quantitative estimate of drug-likeness (QED) is 0.0320. The highest BCUT2D eigenvalue weighted by atomic mass is 16.5.